The molecule has 0 fully saturated rings. The summed E-state index contributed by atoms with van der Waals surface area (Å²) in [4.78, 5) is 11.7. The Morgan fingerprint density at radius 1 is 0.333 bits per heavy atom. The number of carbonyl (C=O) groups is 1. The number of aliphatic hydroxyl groups excluding tert-OH is 11. The zero-order valence-electron chi connectivity index (χ0n) is 35.1. The van der Waals surface area contributed by atoms with Gasteiger partial charge < -0.3 is 104 Å². The second-order valence-electron chi connectivity index (χ2n) is 14.4. The van der Waals surface area contributed by atoms with Crippen molar-refractivity contribution in [3.05, 3.63) is 0 Å². The zero-order chi connectivity index (χ0) is 44.8. The molecule has 0 amide bonds. The molecule has 10 unspecified atom stereocenters. The largest absolute Gasteiger partial charge is 0.463 e. The molecule has 0 aliphatic heterocycles. The van der Waals surface area contributed by atoms with E-state index in [1.165, 1.54) is 0 Å². The van der Waals surface area contributed by atoms with Crippen LogP contribution in [0.25, 0.3) is 0 Å². The van der Waals surface area contributed by atoms with Crippen molar-refractivity contribution >= 4 is 5.97 Å². The van der Waals surface area contributed by atoms with Crippen LogP contribution >= 0.6 is 0 Å². The van der Waals surface area contributed by atoms with E-state index in [2.05, 4.69) is 6.92 Å². The Bertz CT molecular complexity index is 941. The fraction of sp³-hybridized carbons (Fsp3) is 0.974. The molecule has 0 radical (unpaired) electrons. The van der Waals surface area contributed by atoms with E-state index in [9.17, 15) is 50.8 Å². The first-order valence-corrected chi connectivity index (χ1v) is 20.5. The molecule has 0 heterocycles. The smallest absolute Gasteiger partial charge is 0.305 e. The Morgan fingerprint density at radius 2 is 0.550 bits per heavy atom. The molecule has 0 aliphatic rings. The van der Waals surface area contributed by atoms with Gasteiger partial charge in [-0.15, -0.1) is 0 Å². The van der Waals surface area contributed by atoms with E-state index in [0.717, 1.165) is 32.1 Å². The van der Waals surface area contributed by atoms with Crippen LogP contribution in [-0.4, -0.2) is 255 Å². The van der Waals surface area contributed by atoms with Gasteiger partial charge >= 0.3 is 5.97 Å². The van der Waals surface area contributed by atoms with Crippen molar-refractivity contribution in [3.8, 4) is 0 Å². The Labute approximate surface area is 352 Å². The summed E-state index contributed by atoms with van der Waals surface area (Å²) >= 11 is 0. The molecular formula is C38H76O22. The summed E-state index contributed by atoms with van der Waals surface area (Å²) in [5.74, 6) is -0.373. The highest BCUT2D eigenvalue weighted by Crippen LogP contribution is 2.06. The van der Waals surface area contributed by atoms with Gasteiger partial charge in [-0.1, -0.05) is 32.6 Å². The summed E-state index contributed by atoms with van der Waals surface area (Å²) < 4.78 is 51.8. The van der Waals surface area contributed by atoms with Gasteiger partial charge in [0.1, 0.15) is 67.6 Å². The maximum absolute atomic E-state index is 11.7. The predicted molar refractivity (Wildman–Crippen MR) is 209 cm³/mol. The first kappa shape index (κ1) is 58.7. The first-order chi connectivity index (χ1) is 28.7. The topological polar surface area (TPSA) is 332 Å². The quantitative estimate of drug-likeness (QED) is 0.0203. The van der Waals surface area contributed by atoms with Crippen LogP contribution in [0.3, 0.4) is 0 Å². The molecule has 0 aromatic heterocycles. The molecule has 60 heavy (non-hydrogen) atoms. The highest BCUT2D eigenvalue weighted by molar-refractivity contribution is 5.69. The third-order valence-electron chi connectivity index (χ3n) is 7.72. The van der Waals surface area contributed by atoms with Crippen LogP contribution in [0, 0.1) is 0 Å². The van der Waals surface area contributed by atoms with E-state index in [1.807, 2.05) is 0 Å². The third-order valence-corrected chi connectivity index (χ3v) is 7.72. The maximum atomic E-state index is 11.7. The van der Waals surface area contributed by atoms with Gasteiger partial charge in [-0.2, -0.15) is 0 Å². The lowest BCUT2D eigenvalue weighted by Gasteiger charge is -2.18. The number of ether oxygens (including phenoxy) is 10. The highest BCUT2D eigenvalue weighted by atomic mass is 16.6. The summed E-state index contributed by atoms with van der Waals surface area (Å²) in [6.45, 7) is -1.46. The van der Waals surface area contributed by atoms with Crippen molar-refractivity contribution in [2.45, 2.75) is 106 Å². The van der Waals surface area contributed by atoms with E-state index in [-0.39, 0.29) is 132 Å². The fourth-order valence-corrected chi connectivity index (χ4v) is 4.68. The lowest BCUT2D eigenvalue weighted by atomic mass is 10.1. The van der Waals surface area contributed by atoms with Crippen molar-refractivity contribution in [1.82, 2.24) is 0 Å². The molecular weight excluding hydrogens is 808 g/mol. The van der Waals surface area contributed by atoms with E-state index in [4.69, 9.17) is 57.6 Å². The Hall–Kier alpha value is -1.33. The fourth-order valence-electron chi connectivity index (χ4n) is 4.68. The van der Waals surface area contributed by atoms with Crippen molar-refractivity contribution in [2.75, 3.05) is 132 Å². The Balaban J connectivity index is 3.75. The lowest BCUT2D eigenvalue weighted by Crippen LogP contribution is -2.32. The average molecular weight is 885 g/mol. The third kappa shape index (κ3) is 39.5. The van der Waals surface area contributed by atoms with Crippen molar-refractivity contribution in [2.24, 2.45) is 0 Å². The molecule has 0 aliphatic carbocycles. The molecule has 22 nitrogen and oxygen atoms in total. The number of rotatable bonds is 45. The molecule has 0 rings (SSSR count). The van der Waals surface area contributed by atoms with Crippen molar-refractivity contribution in [1.29, 1.82) is 0 Å². The van der Waals surface area contributed by atoms with E-state index in [1.54, 1.807) is 0 Å². The normalized spacial score (nSPS) is 17.1. The van der Waals surface area contributed by atoms with E-state index in [0.29, 0.717) is 6.42 Å². The van der Waals surface area contributed by atoms with E-state index < -0.39 is 67.6 Å². The van der Waals surface area contributed by atoms with Gasteiger partial charge in [0.2, 0.25) is 0 Å². The van der Waals surface area contributed by atoms with Crippen LogP contribution in [0.2, 0.25) is 0 Å². The SMILES string of the molecule is CCCCCCCC(=O)OCC(O)COCC(O)COCC(O)COCC(O)COCC(O)COCC(O)COCC(O)COCC(O)COCC(O)COCC(O)CO. The van der Waals surface area contributed by atoms with Gasteiger partial charge in [0.15, 0.2) is 0 Å². The molecule has 0 saturated carbocycles. The zero-order valence-corrected chi connectivity index (χ0v) is 35.1. The number of carbonyl (C=O) groups excluding carboxylic acids is 1. The molecule has 0 spiro atoms. The number of hydrogen-bond acceptors (Lipinski definition) is 22. The number of esters is 1. The van der Waals surface area contributed by atoms with Crippen molar-refractivity contribution < 1.29 is 108 Å². The minimum Gasteiger partial charge on any atom is -0.463 e. The Kier molecular flexibility index (Phi) is 39.5. The Morgan fingerprint density at radius 3 is 0.783 bits per heavy atom. The highest BCUT2D eigenvalue weighted by Gasteiger charge is 2.16. The molecule has 360 valence electrons. The molecule has 10 atom stereocenters. The summed E-state index contributed by atoms with van der Waals surface area (Å²) in [6, 6.07) is 0. The number of hydrogen-bond donors (Lipinski definition) is 11. The minimum atomic E-state index is -1.06. The second kappa shape index (κ2) is 40.4. The molecule has 22 heteroatoms. The molecule has 11 N–H and O–H groups in total. The lowest BCUT2D eigenvalue weighted by molar-refractivity contribution is -0.148. The maximum Gasteiger partial charge on any atom is 0.305 e. The average Bonchev–Trinajstić information content (AvgIpc) is 3.19. The van der Waals surface area contributed by atoms with Gasteiger partial charge in [0, 0.05) is 6.42 Å². The first-order valence-electron chi connectivity index (χ1n) is 20.5. The molecule has 0 aromatic rings. The number of unbranched alkanes of at least 4 members (excludes halogenated alkanes) is 4. The van der Waals surface area contributed by atoms with Crippen LogP contribution in [0.5, 0.6) is 0 Å². The summed E-state index contributed by atoms with van der Waals surface area (Å²) in [7, 11) is 0. The monoisotopic (exact) mass is 884 g/mol. The standard InChI is InChI=1S/C38H76O22/c1-2-3-4-5-6-7-38(50)60-27-37(49)26-59-25-36(48)24-58-23-35(47)22-57-21-34(46)20-56-19-33(45)18-55-17-32(44)16-54-15-31(43)14-53-13-30(42)12-52-11-29(41)10-51-9-28(40)8-39/h28-37,39-49H,2-27H2,1H3. The van der Waals surface area contributed by atoms with Gasteiger partial charge in [-0.3, -0.25) is 4.79 Å². The summed E-state index contributed by atoms with van der Waals surface area (Å²) in [5, 5.41) is 107. The summed E-state index contributed by atoms with van der Waals surface area (Å²) in [6.07, 6.45) is -5.08. The van der Waals surface area contributed by atoms with Crippen LogP contribution in [0.15, 0.2) is 0 Å². The van der Waals surface area contributed by atoms with Crippen LogP contribution in [0.4, 0.5) is 0 Å². The van der Waals surface area contributed by atoms with Crippen molar-refractivity contribution in [3.63, 3.8) is 0 Å². The second-order valence-corrected chi connectivity index (χ2v) is 14.4. The van der Waals surface area contributed by atoms with Crippen LogP contribution in [0.1, 0.15) is 45.4 Å². The predicted octanol–water partition coefficient (Wildman–Crippen LogP) is -4.36. The van der Waals surface area contributed by atoms with Crippen LogP contribution in [-0.2, 0) is 52.2 Å². The molecule has 0 aromatic carbocycles. The van der Waals surface area contributed by atoms with Gasteiger partial charge in [-0.05, 0) is 6.42 Å². The molecule has 0 bridgehead atoms. The molecule has 0 saturated heterocycles. The van der Waals surface area contributed by atoms with Gasteiger partial charge in [-0.25, -0.2) is 0 Å². The van der Waals surface area contributed by atoms with Crippen LogP contribution < -0.4 is 0 Å². The number of aliphatic hydroxyl groups is 11. The van der Waals surface area contributed by atoms with E-state index >= 15 is 0 Å². The van der Waals surface area contributed by atoms with Gasteiger partial charge in [0.05, 0.1) is 126 Å². The van der Waals surface area contributed by atoms with Gasteiger partial charge in [0.25, 0.3) is 0 Å². The summed E-state index contributed by atoms with van der Waals surface area (Å²) in [5.41, 5.74) is 0. The minimum absolute atomic E-state index is 0.126.